The molecule has 0 aliphatic rings. The number of aliphatic hydroxyl groups excluding tert-OH is 1. The second kappa shape index (κ2) is 7.27. The van der Waals surface area contributed by atoms with Crippen molar-refractivity contribution in [2.24, 2.45) is 4.99 Å². The third kappa shape index (κ3) is 5.60. The number of allylic oxidation sites excluding steroid dienone is 1. The highest BCUT2D eigenvalue weighted by Crippen LogP contribution is 2.34. The number of hydrogen-bond donors (Lipinski definition) is 2. The zero-order valence-electron chi connectivity index (χ0n) is 13.7. The Morgan fingerprint density at radius 2 is 2.00 bits per heavy atom. The Morgan fingerprint density at radius 3 is 2.52 bits per heavy atom. The van der Waals surface area contributed by atoms with E-state index in [9.17, 15) is 0 Å². The van der Waals surface area contributed by atoms with Crippen molar-refractivity contribution >= 4 is 11.5 Å². The smallest absolute Gasteiger partial charge is 0.125 e. The van der Waals surface area contributed by atoms with Crippen LogP contribution in [0, 0.1) is 0 Å². The molecule has 0 aliphatic heterocycles. The van der Waals surface area contributed by atoms with Crippen LogP contribution in [0.2, 0.25) is 0 Å². The van der Waals surface area contributed by atoms with Crippen molar-refractivity contribution in [1.82, 2.24) is 5.32 Å². The van der Waals surface area contributed by atoms with Gasteiger partial charge in [-0.2, -0.15) is 0 Å². The van der Waals surface area contributed by atoms with E-state index in [-0.39, 0.29) is 18.6 Å². The van der Waals surface area contributed by atoms with Crippen LogP contribution in [0.3, 0.4) is 0 Å². The Hall–Kier alpha value is -1.81. The van der Waals surface area contributed by atoms with Crippen molar-refractivity contribution in [3.63, 3.8) is 0 Å². The van der Waals surface area contributed by atoms with Gasteiger partial charge in [-0.05, 0) is 30.9 Å². The van der Waals surface area contributed by atoms with Crippen LogP contribution in [-0.4, -0.2) is 24.2 Å². The summed E-state index contributed by atoms with van der Waals surface area (Å²) in [6.07, 6.45) is 0. The summed E-state index contributed by atoms with van der Waals surface area (Å²) < 4.78 is 5.66. The molecule has 21 heavy (non-hydrogen) atoms. The summed E-state index contributed by atoms with van der Waals surface area (Å²) >= 11 is 0. The van der Waals surface area contributed by atoms with Crippen molar-refractivity contribution in [3.8, 4) is 5.75 Å². The van der Waals surface area contributed by atoms with Crippen molar-refractivity contribution in [3.05, 3.63) is 36.0 Å². The minimum absolute atomic E-state index is 0.00663. The molecule has 0 atom stereocenters. The molecule has 0 fully saturated rings. The predicted octanol–water partition coefficient (Wildman–Crippen LogP) is 3.53. The van der Waals surface area contributed by atoms with Crippen LogP contribution in [-0.2, 0) is 5.41 Å². The van der Waals surface area contributed by atoms with E-state index in [1.807, 2.05) is 32.0 Å². The Labute approximate surface area is 127 Å². The molecule has 2 N–H and O–H groups in total. The van der Waals surface area contributed by atoms with Gasteiger partial charge >= 0.3 is 0 Å². The molecule has 1 aromatic rings. The summed E-state index contributed by atoms with van der Waals surface area (Å²) in [7, 11) is 0. The lowest BCUT2D eigenvalue weighted by Crippen LogP contribution is -2.17. The molecule has 0 saturated heterocycles. The van der Waals surface area contributed by atoms with E-state index in [2.05, 4.69) is 37.7 Å². The van der Waals surface area contributed by atoms with Gasteiger partial charge in [0.05, 0.1) is 12.3 Å². The Kier molecular flexibility index (Phi) is 5.97. The lowest BCUT2D eigenvalue weighted by Gasteiger charge is -2.23. The van der Waals surface area contributed by atoms with Gasteiger partial charge in [0.25, 0.3) is 0 Å². The van der Waals surface area contributed by atoms with Crippen molar-refractivity contribution in [2.75, 3.05) is 13.2 Å². The predicted molar refractivity (Wildman–Crippen MR) is 88.4 cm³/mol. The van der Waals surface area contributed by atoms with Crippen molar-refractivity contribution in [2.45, 2.75) is 40.0 Å². The molecule has 0 heterocycles. The summed E-state index contributed by atoms with van der Waals surface area (Å²) in [4.78, 5) is 4.49. The zero-order valence-corrected chi connectivity index (χ0v) is 13.7. The fourth-order valence-electron chi connectivity index (χ4n) is 2.01. The second-order valence-corrected chi connectivity index (χ2v) is 6.11. The van der Waals surface area contributed by atoms with Gasteiger partial charge < -0.3 is 15.2 Å². The van der Waals surface area contributed by atoms with Gasteiger partial charge in [0, 0.05) is 11.8 Å². The molecule has 4 heteroatoms. The van der Waals surface area contributed by atoms with Gasteiger partial charge in [0.1, 0.15) is 18.2 Å². The molecule has 0 aliphatic carbocycles. The highest BCUT2D eigenvalue weighted by molar-refractivity contribution is 5.83. The van der Waals surface area contributed by atoms with Crippen LogP contribution in [0.5, 0.6) is 5.75 Å². The van der Waals surface area contributed by atoms with Crippen LogP contribution in [0.4, 0.5) is 5.69 Å². The maximum Gasteiger partial charge on any atom is 0.125 e. The third-order valence-electron chi connectivity index (χ3n) is 2.81. The van der Waals surface area contributed by atoms with Gasteiger partial charge in [-0.3, -0.25) is 0 Å². The molecule has 0 bridgehead atoms. The quantitative estimate of drug-likeness (QED) is 0.644. The molecule has 1 aromatic carbocycles. The molecular weight excluding hydrogens is 264 g/mol. The monoisotopic (exact) mass is 290 g/mol. The van der Waals surface area contributed by atoms with E-state index in [0.717, 1.165) is 28.5 Å². The largest absolute Gasteiger partial charge is 0.491 e. The fraction of sp³-hybridized carbons (Fsp3) is 0.471. The molecule has 0 spiro atoms. The Balaban J connectivity index is 3.12. The van der Waals surface area contributed by atoms with Gasteiger partial charge in [0.15, 0.2) is 0 Å². The number of nitrogens with zero attached hydrogens (tertiary/aromatic N) is 1. The van der Waals surface area contributed by atoms with Crippen LogP contribution >= 0.6 is 0 Å². The number of ether oxygens (including phenoxy) is 1. The number of benzene rings is 1. The first kappa shape index (κ1) is 17.2. The molecule has 0 unspecified atom stereocenters. The van der Waals surface area contributed by atoms with Gasteiger partial charge in [0.2, 0.25) is 0 Å². The number of aliphatic hydroxyl groups is 1. The number of nitrogens with one attached hydrogen (secondary N) is 1. The van der Waals surface area contributed by atoms with Crippen molar-refractivity contribution < 1.29 is 9.84 Å². The maximum atomic E-state index is 8.96. The van der Waals surface area contributed by atoms with E-state index < -0.39 is 0 Å². The van der Waals surface area contributed by atoms with E-state index in [0.29, 0.717) is 0 Å². The van der Waals surface area contributed by atoms with Gasteiger partial charge in [-0.25, -0.2) is 4.99 Å². The van der Waals surface area contributed by atoms with Gasteiger partial charge in [-0.1, -0.05) is 33.4 Å². The Bertz CT molecular complexity index is 528. The van der Waals surface area contributed by atoms with Crippen LogP contribution in [0.25, 0.3) is 0 Å². The normalized spacial score (nSPS) is 12.2. The number of amidine groups is 1. The molecule has 4 nitrogen and oxygen atoms in total. The molecule has 116 valence electrons. The number of aliphatic imine (C=N–C) groups is 1. The van der Waals surface area contributed by atoms with Crippen LogP contribution in [0.1, 0.15) is 40.2 Å². The minimum atomic E-state index is -0.0297. The highest BCUT2D eigenvalue weighted by atomic mass is 16.5. The summed E-state index contributed by atoms with van der Waals surface area (Å²) in [5, 5.41) is 12.0. The first-order valence-corrected chi connectivity index (χ1v) is 7.10. The fourth-order valence-corrected chi connectivity index (χ4v) is 2.01. The van der Waals surface area contributed by atoms with Crippen molar-refractivity contribution in [1.29, 1.82) is 0 Å². The Morgan fingerprint density at radius 1 is 1.33 bits per heavy atom. The first-order chi connectivity index (χ1) is 9.74. The van der Waals surface area contributed by atoms with E-state index in [4.69, 9.17) is 9.84 Å². The highest BCUT2D eigenvalue weighted by Gasteiger charge is 2.19. The topological polar surface area (TPSA) is 53.9 Å². The minimum Gasteiger partial charge on any atom is -0.491 e. The lowest BCUT2D eigenvalue weighted by molar-refractivity contribution is 0.199. The zero-order chi connectivity index (χ0) is 16.0. The molecule has 0 saturated carbocycles. The first-order valence-electron chi connectivity index (χ1n) is 7.10. The average Bonchev–Trinajstić information content (AvgIpc) is 2.33. The van der Waals surface area contributed by atoms with E-state index >= 15 is 0 Å². The van der Waals surface area contributed by atoms with Crippen LogP contribution in [0.15, 0.2) is 35.5 Å². The number of hydrogen-bond acceptors (Lipinski definition) is 3. The SMILES string of the molecule is C=C(C)NC(C)=Nc1ccc(C(C)(C)C)c(OCCO)c1. The molecule has 0 radical (unpaired) electrons. The lowest BCUT2D eigenvalue weighted by atomic mass is 9.86. The molecule has 1 rings (SSSR count). The van der Waals surface area contributed by atoms with E-state index in [1.165, 1.54) is 0 Å². The molecule has 0 amide bonds. The van der Waals surface area contributed by atoms with Gasteiger partial charge in [-0.15, -0.1) is 0 Å². The third-order valence-corrected chi connectivity index (χ3v) is 2.81. The molecular formula is C17H26N2O2. The maximum absolute atomic E-state index is 8.96. The second-order valence-electron chi connectivity index (χ2n) is 6.11. The summed E-state index contributed by atoms with van der Waals surface area (Å²) in [5.74, 6) is 1.54. The molecule has 0 aromatic heterocycles. The standard InChI is InChI=1S/C17H26N2O2/c1-12(2)18-13(3)19-14-7-8-15(17(4,5)6)16(11-14)21-10-9-20/h7-8,11,20H,1,9-10H2,2-6H3,(H,18,19). The average molecular weight is 290 g/mol. The summed E-state index contributed by atoms with van der Waals surface area (Å²) in [6, 6.07) is 5.90. The summed E-state index contributed by atoms with van der Waals surface area (Å²) in [6.45, 7) is 14.2. The van der Waals surface area contributed by atoms with E-state index in [1.54, 1.807) is 0 Å². The van der Waals surface area contributed by atoms with Crippen LogP contribution < -0.4 is 10.1 Å². The summed E-state index contributed by atoms with van der Waals surface area (Å²) in [5.41, 5.74) is 2.72. The number of rotatable bonds is 5.